The quantitative estimate of drug-likeness (QED) is 0.421. The number of hydrogen-bond donors (Lipinski definition) is 3. The van der Waals surface area contributed by atoms with Crippen molar-refractivity contribution in [2.24, 2.45) is 0 Å². The third kappa shape index (κ3) is 3.03. The maximum Gasteiger partial charge on any atom is 0.275 e. The van der Waals surface area contributed by atoms with Crippen molar-refractivity contribution in [2.45, 2.75) is 19.6 Å². The molecule has 2 aliphatic heterocycles. The van der Waals surface area contributed by atoms with E-state index < -0.39 is 11.8 Å². The molecule has 6 heteroatoms. The minimum Gasteiger partial charge on any atom is -0.489 e. The summed E-state index contributed by atoms with van der Waals surface area (Å²) in [6.07, 6.45) is 1.80. The Morgan fingerprint density at radius 2 is 1.70 bits per heavy atom. The number of aromatic amines is 1. The van der Waals surface area contributed by atoms with Gasteiger partial charge in [0, 0.05) is 28.2 Å². The first-order valence-electron chi connectivity index (χ1n) is 10.8. The average molecular weight is 435 g/mol. The second-order valence-electron chi connectivity index (χ2n) is 8.34. The van der Waals surface area contributed by atoms with Crippen LogP contribution in [0.1, 0.15) is 33.9 Å². The van der Waals surface area contributed by atoms with Crippen molar-refractivity contribution in [3.63, 3.8) is 0 Å². The zero-order valence-corrected chi connectivity index (χ0v) is 17.9. The number of rotatable bonds is 4. The standard InChI is InChI=1S/C27H21N3O3/c1-15-7-5-6-10-17(15)24-23-20(33-14-16-8-3-2-4-9-16)12-11-19-21(23)18(13-28-19)22-25(29-24)27(32)30-26(22)31/h2-13,24,28-29H,14H2,1H3,(H,30,31,32). The van der Waals surface area contributed by atoms with Crippen molar-refractivity contribution in [3.8, 4) is 5.75 Å². The third-order valence-electron chi connectivity index (χ3n) is 6.36. The summed E-state index contributed by atoms with van der Waals surface area (Å²) in [5, 5.41) is 6.72. The topological polar surface area (TPSA) is 83.2 Å². The summed E-state index contributed by atoms with van der Waals surface area (Å²) in [7, 11) is 0. The van der Waals surface area contributed by atoms with Gasteiger partial charge in [0.2, 0.25) is 0 Å². The van der Waals surface area contributed by atoms with Crippen LogP contribution >= 0.6 is 0 Å². The Labute approximate surface area is 190 Å². The van der Waals surface area contributed by atoms with Crippen LogP contribution in [0.3, 0.4) is 0 Å². The van der Waals surface area contributed by atoms with Gasteiger partial charge in [0.1, 0.15) is 18.1 Å². The van der Waals surface area contributed by atoms with Gasteiger partial charge in [-0.05, 0) is 35.7 Å². The second kappa shape index (κ2) is 7.38. The molecule has 2 amide bonds. The summed E-state index contributed by atoms with van der Waals surface area (Å²) < 4.78 is 6.35. The highest BCUT2D eigenvalue weighted by Gasteiger charge is 2.39. The first kappa shape index (κ1) is 19.4. The summed E-state index contributed by atoms with van der Waals surface area (Å²) >= 11 is 0. The lowest BCUT2D eigenvalue weighted by atomic mass is 9.91. The van der Waals surface area contributed by atoms with Gasteiger partial charge in [0.05, 0.1) is 11.6 Å². The molecular weight excluding hydrogens is 414 g/mol. The van der Waals surface area contributed by atoms with E-state index in [0.29, 0.717) is 29.2 Å². The lowest BCUT2D eigenvalue weighted by Gasteiger charge is -2.25. The fourth-order valence-corrected chi connectivity index (χ4v) is 4.79. The lowest BCUT2D eigenvalue weighted by Crippen LogP contribution is -2.30. The van der Waals surface area contributed by atoms with E-state index in [1.807, 2.05) is 73.7 Å². The summed E-state index contributed by atoms with van der Waals surface area (Å²) in [5.41, 5.74) is 6.30. The molecule has 2 aliphatic rings. The Morgan fingerprint density at radius 3 is 2.52 bits per heavy atom. The Kier molecular flexibility index (Phi) is 4.33. The van der Waals surface area contributed by atoms with E-state index >= 15 is 0 Å². The number of fused-ring (bicyclic) bond motifs is 1. The number of aryl methyl sites for hydroxylation is 1. The molecule has 1 aromatic heterocycles. The van der Waals surface area contributed by atoms with Gasteiger partial charge in [0.25, 0.3) is 11.8 Å². The highest BCUT2D eigenvalue weighted by molar-refractivity contribution is 6.37. The molecule has 0 aliphatic carbocycles. The number of benzene rings is 3. The van der Waals surface area contributed by atoms with E-state index in [1.165, 1.54) is 0 Å². The molecule has 3 aromatic carbocycles. The largest absolute Gasteiger partial charge is 0.489 e. The van der Waals surface area contributed by atoms with Crippen LogP contribution in [0, 0.1) is 6.92 Å². The Bertz CT molecular complexity index is 1470. The number of amides is 2. The van der Waals surface area contributed by atoms with E-state index in [-0.39, 0.29) is 6.04 Å². The normalized spacial score (nSPS) is 16.9. The highest BCUT2D eigenvalue weighted by atomic mass is 16.5. The van der Waals surface area contributed by atoms with Gasteiger partial charge in [-0.1, -0.05) is 54.6 Å². The minimum absolute atomic E-state index is 0.291. The van der Waals surface area contributed by atoms with Gasteiger partial charge in [-0.2, -0.15) is 0 Å². The molecule has 6 nitrogen and oxygen atoms in total. The van der Waals surface area contributed by atoms with E-state index in [4.69, 9.17) is 4.74 Å². The van der Waals surface area contributed by atoms with Crippen LogP contribution < -0.4 is 15.4 Å². The predicted octanol–water partition coefficient (Wildman–Crippen LogP) is 4.12. The molecule has 3 heterocycles. The molecule has 1 atom stereocenters. The first-order chi connectivity index (χ1) is 16.1. The number of carbonyl (C=O) groups is 2. The van der Waals surface area contributed by atoms with Crippen molar-refractivity contribution < 1.29 is 14.3 Å². The monoisotopic (exact) mass is 435 g/mol. The number of hydrogen-bond acceptors (Lipinski definition) is 4. The molecule has 0 fully saturated rings. The van der Waals surface area contributed by atoms with Gasteiger partial charge >= 0.3 is 0 Å². The van der Waals surface area contributed by atoms with Crippen LogP contribution in [0.4, 0.5) is 0 Å². The van der Waals surface area contributed by atoms with Gasteiger partial charge in [-0.3, -0.25) is 14.9 Å². The number of H-pyrrole nitrogens is 1. The van der Waals surface area contributed by atoms with Crippen LogP contribution in [0.5, 0.6) is 5.75 Å². The minimum atomic E-state index is -0.414. The summed E-state index contributed by atoms with van der Waals surface area (Å²) in [6.45, 7) is 2.45. The molecule has 0 bridgehead atoms. The highest BCUT2D eigenvalue weighted by Crippen LogP contribution is 2.44. The van der Waals surface area contributed by atoms with Gasteiger partial charge in [0.15, 0.2) is 0 Å². The molecule has 1 unspecified atom stereocenters. The van der Waals surface area contributed by atoms with Crippen molar-refractivity contribution >= 4 is 28.3 Å². The molecule has 6 rings (SSSR count). The van der Waals surface area contributed by atoms with Crippen molar-refractivity contribution in [3.05, 3.63) is 106 Å². The molecule has 0 radical (unpaired) electrons. The van der Waals surface area contributed by atoms with E-state index in [9.17, 15) is 9.59 Å². The predicted molar refractivity (Wildman–Crippen MR) is 125 cm³/mol. The Morgan fingerprint density at radius 1 is 0.909 bits per heavy atom. The number of imide groups is 1. The molecule has 0 saturated carbocycles. The van der Waals surface area contributed by atoms with E-state index in [2.05, 4.69) is 15.6 Å². The smallest absolute Gasteiger partial charge is 0.275 e. The average Bonchev–Trinajstić information content (AvgIpc) is 3.31. The lowest BCUT2D eigenvalue weighted by molar-refractivity contribution is -0.123. The maximum absolute atomic E-state index is 12.8. The molecule has 0 saturated heterocycles. The zero-order chi connectivity index (χ0) is 22.5. The number of ether oxygens (including phenoxy) is 1. The Hall–Kier alpha value is -4.32. The van der Waals surface area contributed by atoms with E-state index in [0.717, 1.165) is 33.2 Å². The third-order valence-corrected chi connectivity index (χ3v) is 6.36. The SMILES string of the molecule is Cc1ccccc1C1NC2=C(C(=O)NC2=O)c2c[nH]c3ccc(OCc4ccccc4)c1c23. The van der Waals surface area contributed by atoms with Gasteiger partial charge in [-0.15, -0.1) is 0 Å². The van der Waals surface area contributed by atoms with Gasteiger partial charge in [-0.25, -0.2) is 0 Å². The fraction of sp³-hybridized carbons (Fsp3) is 0.111. The molecule has 4 aromatic rings. The number of carbonyl (C=O) groups excluding carboxylic acids is 2. The van der Waals surface area contributed by atoms with Crippen LogP contribution in [0.15, 0.2) is 78.6 Å². The van der Waals surface area contributed by atoms with Crippen LogP contribution in [0.25, 0.3) is 16.5 Å². The molecular formula is C27H21N3O3. The summed E-state index contributed by atoms with van der Waals surface area (Å²) in [5.74, 6) is -0.0973. The Balaban J connectivity index is 1.59. The van der Waals surface area contributed by atoms with Crippen LogP contribution in [0.2, 0.25) is 0 Å². The number of nitrogens with one attached hydrogen (secondary N) is 3. The van der Waals surface area contributed by atoms with Crippen molar-refractivity contribution in [1.29, 1.82) is 0 Å². The van der Waals surface area contributed by atoms with Gasteiger partial charge < -0.3 is 15.0 Å². The summed E-state index contributed by atoms with van der Waals surface area (Å²) in [4.78, 5) is 28.8. The van der Waals surface area contributed by atoms with Crippen molar-refractivity contribution in [1.82, 2.24) is 15.6 Å². The fourth-order valence-electron chi connectivity index (χ4n) is 4.79. The van der Waals surface area contributed by atoms with Crippen molar-refractivity contribution in [2.75, 3.05) is 0 Å². The van der Waals surface area contributed by atoms with E-state index in [1.54, 1.807) is 6.20 Å². The number of aromatic nitrogens is 1. The van der Waals surface area contributed by atoms with Crippen LogP contribution in [-0.4, -0.2) is 16.8 Å². The molecule has 33 heavy (non-hydrogen) atoms. The second-order valence-corrected chi connectivity index (χ2v) is 8.34. The van der Waals surface area contributed by atoms with Crippen LogP contribution in [-0.2, 0) is 16.2 Å². The summed E-state index contributed by atoms with van der Waals surface area (Å²) in [6, 6.07) is 21.6. The molecule has 162 valence electrons. The zero-order valence-electron chi connectivity index (χ0n) is 17.9. The molecule has 3 N–H and O–H groups in total. The molecule has 0 spiro atoms. The maximum atomic E-state index is 12.8. The first-order valence-corrected chi connectivity index (χ1v) is 10.8.